The number of anilines is 1. The Morgan fingerprint density at radius 2 is 1.70 bits per heavy atom. The Kier molecular flexibility index (Phi) is 7.26. The molecule has 2 amide bonds. The molecule has 0 bridgehead atoms. The normalized spacial score (nSPS) is 16.6. The van der Waals surface area contributed by atoms with E-state index in [4.69, 9.17) is 16.3 Å². The zero-order valence-corrected chi connectivity index (χ0v) is 27.2. The number of nitrogens with zero attached hydrogens (tertiary/aromatic N) is 8. The highest BCUT2D eigenvalue weighted by molar-refractivity contribution is 6.35. The number of fused-ring (bicyclic) bond motifs is 3. The second-order valence-electron chi connectivity index (χ2n) is 12.2. The van der Waals surface area contributed by atoms with Crippen LogP contribution in [-0.4, -0.2) is 64.7 Å². The lowest BCUT2D eigenvalue weighted by Gasteiger charge is -2.18. The second kappa shape index (κ2) is 11.7. The fraction of sp³-hybridized carbons (Fsp3) is 0.171. The Labute approximate surface area is 287 Å². The molecule has 14 nitrogen and oxygen atoms in total. The monoisotopic (exact) mass is 688 g/mol. The molecule has 248 valence electrons. The summed E-state index contributed by atoms with van der Waals surface area (Å²) in [5.41, 5.74) is 3.39. The van der Waals surface area contributed by atoms with Gasteiger partial charge in [-0.2, -0.15) is 9.78 Å². The second-order valence-corrected chi connectivity index (χ2v) is 12.6. The number of ether oxygens (including phenoxy) is 1. The van der Waals surface area contributed by atoms with Gasteiger partial charge in [-0.25, -0.2) is 9.69 Å². The largest absolute Gasteiger partial charge is 0.456 e. The number of ketones is 1. The Bertz CT molecular complexity index is 2450. The maximum Gasteiger partial charge on any atom is 0.329 e. The maximum atomic E-state index is 13.5. The number of aryl methyl sites for hydroxylation is 1. The average Bonchev–Trinajstić information content (AvgIpc) is 3.89. The van der Waals surface area contributed by atoms with Gasteiger partial charge in [-0.3, -0.25) is 28.4 Å². The van der Waals surface area contributed by atoms with E-state index in [-0.39, 0.29) is 17.3 Å². The lowest BCUT2D eigenvalue weighted by Crippen LogP contribution is -2.32. The van der Waals surface area contributed by atoms with Crippen LogP contribution < -0.4 is 10.5 Å². The van der Waals surface area contributed by atoms with E-state index in [2.05, 4.69) is 20.6 Å². The number of amides is 2. The van der Waals surface area contributed by atoms with Crippen molar-refractivity contribution >= 4 is 51.9 Å². The fourth-order valence-corrected chi connectivity index (χ4v) is 6.94. The zero-order chi connectivity index (χ0) is 34.8. The van der Waals surface area contributed by atoms with Gasteiger partial charge >= 0.3 is 5.97 Å². The Morgan fingerprint density at radius 1 is 0.940 bits per heavy atom. The quantitative estimate of drug-likeness (QED) is 0.136. The van der Waals surface area contributed by atoms with Gasteiger partial charge in [0.15, 0.2) is 18.2 Å². The third kappa shape index (κ3) is 4.91. The van der Waals surface area contributed by atoms with Gasteiger partial charge in [-0.1, -0.05) is 36.7 Å². The van der Waals surface area contributed by atoms with Crippen molar-refractivity contribution in [2.75, 3.05) is 11.5 Å². The van der Waals surface area contributed by atoms with Crippen molar-refractivity contribution in [3.05, 3.63) is 117 Å². The number of halogens is 1. The fourth-order valence-electron chi connectivity index (χ4n) is 6.77. The smallest absolute Gasteiger partial charge is 0.329 e. The molecule has 0 saturated heterocycles. The van der Waals surface area contributed by atoms with Crippen molar-refractivity contribution in [2.45, 2.75) is 19.4 Å². The summed E-state index contributed by atoms with van der Waals surface area (Å²) in [4.78, 5) is 67.4. The predicted octanol–water partition coefficient (Wildman–Crippen LogP) is 3.99. The van der Waals surface area contributed by atoms with Crippen LogP contribution in [-0.2, 0) is 23.0 Å². The van der Waals surface area contributed by atoms with Crippen molar-refractivity contribution in [2.24, 2.45) is 13.0 Å². The first-order chi connectivity index (χ1) is 24.1. The minimum atomic E-state index is -0.931. The van der Waals surface area contributed by atoms with Crippen LogP contribution in [0.4, 0.5) is 5.82 Å². The molecule has 5 heterocycles. The highest BCUT2D eigenvalue weighted by Gasteiger charge is 2.39. The lowest BCUT2D eigenvalue weighted by molar-refractivity contribution is -0.147. The Morgan fingerprint density at radius 3 is 2.42 bits per heavy atom. The number of benzene rings is 3. The van der Waals surface area contributed by atoms with E-state index in [1.54, 1.807) is 61.6 Å². The number of imide groups is 1. The van der Waals surface area contributed by atoms with Crippen molar-refractivity contribution in [1.29, 1.82) is 0 Å². The first-order valence-electron chi connectivity index (χ1n) is 15.5. The number of tetrazole rings is 1. The summed E-state index contributed by atoms with van der Waals surface area (Å²) in [7, 11) is 1.64. The summed E-state index contributed by atoms with van der Waals surface area (Å²) in [6.45, 7) is 1.28. The standard InChI is InChI=1S/C35H25ClN8O6/c1-18-11-22-12-20(26-15-21(36)8-10-27(26)42-17-37-39-40-42)14-30(46)43(22)31(18)35(49)50-16-29(45)19-7-9-25-28(13-19)41(2)38-32(25)44-33(47)23-5-3-4-6-24(23)34(44)48/h3-10,12-15,17-18,31H,11,16H2,1-2H3/t18-,31-/m0/s1. The molecule has 2 atom stereocenters. The number of hydrogen-bond donors (Lipinski definition) is 0. The molecule has 0 N–H and O–H groups in total. The summed E-state index contributed by atoms with van der Waals surface area (Å²) < 4.78 is 9.86. The molecule has 0 fully saturated rings. The van der Waals surface area contributed by atoms with E-state index >= 15 is 0 Å². The molecule has 6 aromatic rings. The number of Topliss-reactive ketones (excluding diaryl/α,β-unsaturated/α-hetero) is 1. The average molecular weight is 689 g/mol. The van der Waals surface area contributed by atoms with Crippen molar-refractivity contribution < 1.29 is 23.9 Å². The van der Waals surface area contributed by atoms with Crippen molar-refractivity contribution in [1.82, 2.24) is 34.6 Å². The van der Waals surface area contributed by atoms with Crippen LogP contribution in [0.15, 0.2) is 83.9 Å². The molecule has 3 aromatic carbocycles. The van der Waals surface area contributed by atoms with Crippen LogP contribution in [0.25, 0.3) is 27.7 Å². The molecule has 2 aliphatic rings. The number of carbonyl (C=O) groups is 4. The molecule has 0 unspecified atom stereocenters. The molecular formula is C35H25ClN8O6. The van der Waals surface area contributed by atoms with Crippen molar-refractivity contribution in [3.8, 4) is 16.8 Å². The number of pyridine rings is 1. The van der Waals surface area contributed by atoms with Crippen molar-refractivity contribution in [3.63, 3.8) is 0 Å². The molecule has 0 saturated carbocycles. The molecular weight excluding hydrogens is 664 g/mol. The number of aromatic nitrogens is 7. The minimum Gasteiger partial charge on any atom is -0.456 e. The number of rotatable bonds is 7. The van der Waals surface area contributed by atoms with Crippen LogP contribution in [0, 0.1) is 5.92 Å². The molecule has 15 heteroatoms. The highest BCUT2D eigenvalue weighted by atomic mass is 35.5. The molecule has 0 aliphatic carbocycles. The van der Waals surface area contributed by atoms with Gasteiger partial charge < -0.3 is 4.74 Å². The first kappa shape index (κ1) is 31.0. The number of carbonyl (C=O) groups excluding carboxylic acids is 4. The third-order valence-electron chi connectivity index (χ3n) is 9.11. The van der Waals surface area contributed by atoms with E-state index in [1.807, 2.05) is 13.0 Å². The van der Waals surface area contributed by atoms with Gasteiger partial charge in [0, 0.05) is 40.3 Å². The number of hydrogen-bond acceptors (Lipinski definition) is 10. The minimum absolute atomic E-state index is 0.156. The van der Waals surface area contributed by atoms with Crippen LogP contribution in [0.5, 0.6) is 0 Å². The zero-order valence-electron chi connectivity index (χ0n) is 26.5. The van der Waals surface area contributed by atoms with Gasteiger partial charge in [0.2, 0.25) is 0 Å². The van der Waals surface area contributed by atoms with Gasteiger partial charge in [0.1, 0.15) is 12.4 Å². The summed E-state index contributed by atoms with van der Waals surface area (Å²) in [5.74, 6) is -2.27. The predicted molar refractivity (Wildman–Crippen MR) is 179 cm³/mol. The maximum absolute atomic E-state index is 13.5. The van der Waals surface area contributed by atoms with Crippen LogP contribution in [0.1, 0.15) is 49.7 Å². The van der Waals surface area contributed by atoms with Crippen LogP contribution >= 0.6 is 11.6 Å². The summed E-state index contributed by atoms with van der Waals surface area (Å²) in [5, 5.41) is 16.7. The van der Waals surface area contributed by atoms with E-state index < -0.39 is 41.8 Å². The lowest BCUT2D eigenvalue weighted by atomic mass is 10.0. The Hall–Kier alpha value is -6.28. The molecule has 8 rings (SSSR count). The van der Waals surface area contributed by atoms with Gasteiger partial charge in [0.05, 0.1) is 22.3 Å². The SMILES string of the molecule is C[C@H]1Cc2cc(-c3cc(Cl)ccc3-n3cnnn3)cc(=O)n2[C@@H]1C(=O)OCC(=O)c1ccc2c(N3C(=O)c4ccccc4C3=O)nn(C)c2c1. The summed E-state index contributed by atoms with van der Waals surface area (Å²) in [6, 6.07) is 18.7. The van der Waals surface area contributed by atoms with Crippen LogP contribution in [0.3, 0.4) is 0 Å². The summed E-state index contributed by atoms with van der Waals surface area (Å²) in [6.07, 6.45) is 1.86. The third-order valence-corrected chi connectivity index (χ3v) is 9.34. The first-order valence-corrected chi connectivity index (χ1v) is 15.9. The van der Waals surface area contributed by atoms with Gasteiger partial charge in [-0.05, 0) is 76.9 Å². The van der Waals surface area contributed by atoms with Gasteiger partial charge in [0.25, 0.3) is 17.4 Å². The molecule has 2 aliphatic heterocycles. The van der Waals surface area contributed by atoms with E-state index in [0.717, 1.165) is 4.90 Å². The number of esters is 1. The topological polar surface area (TPSA) is 164 Å². The van der Waals surface area contributed by atoms with E-state index in [9.17, 15) is 24.0 Å². The van der Waals surface area contributed by atoms with Gasteiger partial charge in [-0.15, -0.1) is 5.10 Å². The molecule has 0 radical (unpaired) electrons. The summed E-state index contributed by atoms with van der Waals surface area (Å²) >= 11 is 6.30. The van der Waals surface area contributed by atoms with E-state index in [1.165, 1.54) is 32.4 Å². The molecule has 3 aromatic heterocycles. The molecule has 0 spiro atoms. The Balaban J connectivity index is 1.01. The molecule has 50 heavy (non-hydrogen) atoms. The highest BCUT2D eigenvalue weighted by Crippen LogP contribution is 2.36. The van der Waals surface area contributed by atoms with E-state index in [0.29, 0.717) is 56.0 Å². The van der Waals surface area contributed by atoms with Crippen LogP contribution in [0.2, 0.25) is 5.02 Å².